The number of hydrogen-bond donors (Lipinski definition) is 1. The summed E-state index contributed by atoms with van der Waals surface area (Å²) in [5.74, 6) is -1.24. The van der Waals surface area contributed by atoms with Crippen molar-refractivity contribution < 1.29 is 32.3 Å². The minimum atomic E-state index is -4.07. The maximum atomic E-state index is 13.6. The second kappa shape index (κ2) is 11.4. The number of aromatic nitrogens is 1. The van der Waals surface area contributed by atoms with Crippen molar-refractivity contribution in [3.63, 3.8) is 0 Å². The first-order valence-electron chi connectivity index (χ1n) is 11.8. The van der Waals surface area contributed by atoms with Crippen LogP contribution in [0.3, 0.4) is 0 Å². The molecule has 1 aromatic heterocycles. The SMILES string of the molecule is CCn1c(C)c(C(=O)CN(CC2CCCO2)S(=O)(=O)c2ccc(NC(C)=O)cc2)c(C)c1C(=O)OC. The van der Waals surface area contributed by atoms with Gasteiger partial charge in [0.1, 0.15) is 5.69 Å². The highest BCUT2D eigenvalue weighted by molar-refractivity contribution is 7.89. The molecule has 1 aromatic carbocycles. The molecular weight excluding hydrogens is 486 g/mol. The summed E-state index contributed by atoms with van der Waals surface area (Å²) >= 11 is 0. The molecule has 11 heteroatoms. The van der Waals surface area contributed by atoms with Crippen LogP contribution < -0.4 is 5.32 Å². The fourth-order valence-electron chi connectivity index (χ4n) is 4.63. The van der Waals surface area contributed by atoms with E-state index in [0.717, 1.165) is 10.7 Å². The highest BCUT2D eigenvalue weighted by Gasteiger charge is 2.33. The van der Waals surface area contributed by atoms with Crippen LogP contribution in [0, 0.1) is 13.8 Å². The molecule has 3 rings (SSSR count). The van der Waals surface area contributed by atoms with Gasteiger partial charge in [-0.2, -0.15) is 4.31 Å². The smallest absolute Gasteiger partial charge is 0.354 e. The molecule has 36 heavy (non-hydrogen) atoms. The number of nitrogens with zero attached hydrogens (tertiary/aromatic N) is 2. The molecule has 0 radical (unpaired) electrons. The summed E-state index contributed by atoms with van der Waals surface area (Å²) in [4.78, 5) is 37.2. The second-order valence-electron chi connectivity index (χ2n) is 8.73. The molecule has 1 atom stereocenters. The van der Waals surface area contributed by atoms with Crippen molar-refractivity contribution in [3.8, 4) is 0 Å². The molecule has 2 heterocycles. The van der Waals surface area contributed by atoms with Crippen LogP contribution in [0.15, 0.2) is 29.2 Å². The maximum absolute atomic E-state index is 13.6. The summed E-state index contributed by atoms with van der Waals surface area (Å²) in [7, 11) is -2.79. The Kier molecular flexibility index (Phi) is 8.70. The molecule has 1 unspecified atom stereocenters. The molecule has 1 N–H and O–H groups in total. The summed E-state index contributed by atoms with van der Waals surface area (Å²) in [6, 6.07) is 5.79. The Hall–Kier alpha value is -3.02. The largest absolute Gasteiger partial charge is 0.464 e. The van der Waals surface area contributed by atoms with Crippen LogP contribution in [-0.2, 0) is 30.8 Å². The molecule has 2 aromatic rings. The number of ketones is 1. The van der Waals surface area contributed by atoms with Gasteiger partial charge in [0.2, 0.25) is 15.9 Å². The van der Waals surface area contributed by atoms with Crippen LogP contribution in [0.25, 0.3) is 0 Å². The summed E-state index contributed by atoms with van der Waals surface area (Å²) in [6.45, 7) is 7.21. The quantitative estimate of drug-likeness (QED) is 0.378. The minimum Gasteiger partial charge on any atom is -0.464 e. The van der Waals surface area contributed by atoms with Crippen molar-refractivity contribution in [1.29, 1.82) is 0 Å². The van der Waals surface area contributed by atoms with Gasteiger partial charge >= 0.3 is 5.97 Å². The van der Waals surface area contributed by atoms with E-state index in [9.17, 15) is 22.8 Å². The Bertz CT molecular complexity index is 1240. The Morgan fingerprint density at radius 2 is 1.86 bits per heavy atom. The zero-order valence-electron chi connectivity index (χ0n) is 21.3. The number of amides is 1. The van der Waals surface area contributed by atoms with E-state index in [-0.39, 0.29) is 29.1 Å². The number of methoxy groups -OCH3 is 1. The van der Waals surface area contributed by atoms with Crippen molar-refractivity contribution in [1.82, 2.24) is 8.87 Å². The number of esters is 1. The van der Waals surface area contributed by atoms with E-state index in [4.69, 9.17) is 9.47 Å². The standard InChI is InChI=1S/C25H33N3O7S/c1-6-28-17(3)23(16(2)24(28)25(31)34-5)22(30)15-27(14-20-8-7-13-35-20)36(32,33)21-11-9-19(10-12-21)26-18(4)29/h9-12,20H,6-8,13-15H2,1-5H3,(H,26,29). The van der Waals surface area contributed by atoms with Crippen molar-refractivity contribution in [2.75, 3.05) is 32.1 Å². The molecule has 10 nitrogen and oxygen atoms in total. The Morgan fingerprint density at radius 1 is 1.19 bits per heavy atom. The minimum absolute atomic E-state index is 0.00257. The van der Waals surface area contributed by atoms with E-state index >= 15 is 0 Å². The van der Waals surface area contributed by atoms with Crippen LogP contribution >= 0.6 is 0 Å². The van der Waals surface area contributed by atoms with Gasteiger partial charge in [-0.3, -0.25) is 9.59 Å². The van der Waals surface area contributed by atoms with Crippen LogP contribution in [-0.4, -0.2) is 67.9 Å². The topological polar surface area (TPSA) is 124 Å². The molecule has 1 fully saturated rings. The van der Waals surface area contributed by atoms with Gasteiger partial charge in [-0.05, 0) is 63.4 Å². The number of nitrogens with one attached hydrogen (secondary N) is 1. The fraction of sp³-hybridized carbons (Fsp3) is 0.480. The summed E-state index contributed by atoms with van der Waals surface area (Å²) in [5.41, 5.74) is 2.09. The predicted molar refractivity (Wildman–Crippen MR) is 134 cm³/mol. The number of carbonyl (C=O) groups is 3. The van der Waals surface area contributed by atoms with Crippen molar-refractivity contribution in [2.45, 2.75) is 58.1 Å². The number of benzene rings is 1. The molecule has 1 saturated heterocycles. The second-order valence-corrected chi connectivity index (χ2v) is 10.7. The highest BCUT2D eigenvalue weighted by Crippen LogP contribution is 2.26. The predicted octanol–water partition coefficient (Wildman–Crippen LogP) is 2.92. The van der Waals surface area contributed by atoms with Gasteiger partial charge in [0.25, 0.3) is 0 Å². The van der Waals surface area contributed by atoms with Gasteiger partial charge in [-0.15, -0.1) is 0 Å². The Morgan fingerprint density at radius 3 is 2.39 bits per heavy atom. The lowest BCUT2D eigenvalue weighted by molar-refractivity contribution is -0.114. The molecule has 0 aliphatic carbocycles. The number of carbonyl (C=O) groups excluding carboxylic acids is 3. The lowest BCUT2D eigenvalue weighted by atomic mass is 10.1. The molecule has 0 spiro atoms. The van der Waals surface area contributed by atoms with Gasteiger partial charge in [0, 0.05) is 43.6 Å². The van der Waals surface area contributed by atoms with Crippen LogP contribution in [0.2, 0.25) is 0 Å². The molecule has 1 aliphatic rings. The van der Waals surface area contributed by atoms with E-state index < -0.39 is 28.3 Å². The normalized spacial score (nSPS) is 15.8. The number of hydrogen-bond acceptors (Lipinski definition) is 7. The van der Waals surface area contributed by atoms with Crippen molar-refractivity contribution >= 4 is 33.4 Å². The number of anilines is 1. The van der Waals surface area contributed by atoms with E-state index in [1.807, 2.05) is 6.92 Å². The summed E-state index contributed by atoms with van der Waals surface area (Å²) in [6.07, 6.45) is 1.19. The Balaban J connectivity index is 1.97. The fourth-order valence-corrected chi connectivity index (χ4v) is 6.05. The third-order valence-electron chi connectivity index (χ3n) is 6.30. The van der Waals surface area contributed by atoms with Crippen LogP contribution in [0.5, 0.6) is 0 Å². The van der Waals surface area contributed by atoms with Crippen LogP contribution in [0.4, 0.5) is 5.69 Å². The molecule has 0 bridgehead atoms. The molecule has 1 aliphatic heterocycles. The van der Waals surface area contributed by atoms with Crippen molar-refractivity contribution in [2.24, 2.45) is 0 Å². The highest BCUT2D eigenvalue weighted by atomic mass is 32.2. The lowest BCUT2D eigenvalue weighted by Gasteiger charge is -2.24. The first-order valence-corrected chi connectivity index (χ1v) is 13.3. The number of ether oxygens (including phenoxy) is 2. The Labute approximate surface area is 211 Å². The van der Waals surface area contributed by atoms with E-state index in [1.54, 1.807) is 18.4 Å². The van der Waals surface area contributed by atoms with Crippen LogP contribution in [0.1, 0.15) is 58.8 Å². The number of Topliss-reactive ketones (excluding diaryl/α,β-unsaturated/α-hetero) is 1. The first kappa shape index (κ1) is 27.6. The summed E-state index contributed by atoms with van der Waals surface area (Å²) in [5, 5.41) is 2.60. The zero-order valence-corrected chi connectivity index (χ0v) is 22.1. The average molecular weight is 520 g/mol. The van der Waals surface area contributed by atoms with Gasteiger partial charge < -0.3 is 19.4 Å². The molecular formula is C25H33N3O7S. The number of sulfonamides is 1. The zero-order chi connectivity index (χ0) is 26.6. The number of rotatable bonds is 10. The van der Waals surface area contributed by atoms with E-state index in [0.29, 0.717) is 42.1 Å². The van der Waals surface area contributed by atoms with Crippen molar-refractivity contribution in [3.05, 3.63) is 46.8 Å². The monoisotopic (exact) mass is 519 g/mol. The third-order valence-corrected chi connectivity index (χ3v) is 8.13. The molecule has 0 saturated carbocycles. The average Bonchev–Trinajstić information content (AvgIpc) is 3.43. The van der Waals surface area contributed by atoms with E-state index in [2.05, 4.69) is 5.32 Å². The first-order chi connectivity index (χ1) is 17.0. The third kappa shape index (κ3) is 5.69. The maximum Gasteiger partial charge on any atom is 0.354 e. The molecule has 1 amide bonds. The van der Waals surface area contributed by atoms with Gasteiger partial charge in [0.05, 0.1) is 24.7 Å². The summed E-state index contributed by atoms with van der Waals surface area (Å²) < 4.78 is 40.7. The van der Waals surface area contributed by atoms with Gasteiger partial charge in [0.15, 0.2) is 5.78 Å². The van der Waals surface area contributed by atoms with Gasteiger partial charge in [-0.25, -0.2) is 13.2 Å². The molecule has 196 valence electrons. The van der Waals surface area contributed by atoms with Gasteiger partial charge in [-0.1, -0.05) is 0 Å². The lowest BCUT2D eigenvalue weighted by Crippen LogP contribution is -2.41. The van der Waals surface area contributed by atoms with E-state index in [1.165, 1.54) is 38.3 Å².